The zero-order valence-electron chi connectivity index (χ0n) is 12.2. The van der Waals surface area contributed by atoms with E-state index in [1.807, 2.05) is 0 Å². The van der Waals surface area contributed by atoms with E-state index in [4.69, 9.17) is 9.47 Å². The number of carbonyl (C=O) groups is 2. The van der Waals surface area contributed by atoms with Crippen LogP contribution in [0.1, 0.15) is 32.6 Å². The summed E-state index contributed by atoms with van der Waals surface area (Å²) in [5, 5.41) is 5.13. The first-order chi connectivity index (χ1) is 9.54. The molecule has 3 fully saturated rings. The maximum absolute atomic E-state index is 11.7. The minimum atomic E-state index is -0.630. The van der Waals surface area contributed by atoms with Crippen LogP contribution in [0.15, 0.2) is 0 Å². The van der Waals surface area contributed by atoms with Gasteiger partial charge in [0.2, 0.25) is 11.8 Å². The van der Waals surface area contributed by atoms with Crippen molar-refractivity contribution < 1.29 is 19.1 Å². The Hall–Kier alpha value is -1.14. The molecule has 2 aliphatic heterocycles. The van der Waals surface area contributed by atoms with Gasteiger partial charge in [0.25, 0.3) is 0 Å². The maximum atomic E-state index is 11.7. The van der Waals surface area contributed by atoms with E-state index in [0.717, 1.165) is 32.3 Å². The van der Waals surface area contributed by atoms with Crippen molar-refractivity contribution in [3.63, 3.8) is 0 Å². The molecule has 20 heavy (non-hydrogen) atoms. The lowest BCUT2D eigenvalue weighted by atomic mass is 9.72. The third-order valence-electron chi connectivity index (χ3n) is 4.25. The average molecular weight is 284 g/mol. The first-order valence-corrected chi connectivity index (χ1v) is 7.23. The van der Waals surface area contributed by atoms with Gasteiger partial charge in [-0.2, -0.15) is 0 Å². The molecule has 1 saturated carbocycles. The molecular weight excluding hydrogens is 260 g/mol. The number of nitrogens with one attached hydrogen (secondary N) is 2. The van der Waals surface area contributed by atoms with Gasteiger partial charge in [-0.05, 0) is 25.7 Å². The van der Waals surface area contributed by atoms with E-state index in [1.165, 1.54) is 6.92 Å². The lowest BCUT2D eigenvalue weighted by Gasteiger charge is -2.46. The van der Waals surface area contributed by atoms with Crippen LogP contribution in [0.25, 0.3) is 0 Å². The molecule has 114 valence electrons. The van der Waals surface area contributed by atoms with Crippen LogP contribution in [0.5, 0.6) is 0 Å². The number of hydrogen-bond donors (Lipinski definition) is 2. The second-order valence-corrected chi connectivity index (χ2v) is 5.89. The number of ether oxygens (including phenoxy) is 2. The molecule has 2 saturated heterocycles. The van der Waals surface area contributed by atoms with Gasteiger partial charge >= 0.3 is 0 Å². The van der Waals surface area contributed by atoms with Crippen LogP contribution in [-0.2, 0) is 19.1 Å². The van der Waals surface area contributed by atoms with Crippen LogP contribution in [0.4, 0.5) is 0 Å². The highest BCUT2D eigenvalue weighted by atomic mass is 16.5. The Labute approximate surface area is 119 Å². The topological polar surface area (TPSA) is 76.7 Å². The summed E-state index contributed by atoms with van der Waals surface area (Å²) >= 11 is 0. The van der Waals surface area contributed by atoms with Gasteiger partial charge in [-0.25, -0.2) is 0 Å². The molecule has 1 aliphatic carbocycles. The summed E-state index contributed by atoms with van der Waals surface area (Å²) < 4.78 is 11.5. The van der Waals surface area contributed by atoms with Gasteiger partial charge in [0, 0.05) is 19.4 Å². The van der Waals surface area contributed by atoms with Crippen molar-refractivity contribution in [2.24, 2.45) is 5.41 Å². The molecule has 3 aliphatic rings. The van der Waals surface area contributed by atoms with Crippen molar-refractivity contribution in [3.8, 4) is 0 Å². The molecule has 1 unspecified atom stereocenters. The minimum Gasteiger partial charge on any atom is -0.378 e. The molecule has 6 nitrogen and oxygen atoms in total. The maximum Gasteiger partial charge on any atom is 0.244 e. The van der Waals surface area contributed by atoms with E-state index in [0.29, 0.717) is 12.7 Å². The van der Waals surface area contributed by atoms with Crippen molar-refractivity contribution in [3.05, 3.63) is 0 Å². The fourth-order valence-corrected chi connectivity index (χ4v) is 2.99. The molecule has 3 rings (SSSR count). The summed E-state index contributed by atoms with van der Waals surface area (Å²) in [4.78, 5) is 22.8. The summed E-state index contributed by atoms with van der Waals surface area (Å²) in [7, 11) is 1.55. The fourth-order valence-electron chi connectivity index (χ4n) is 2.99. The highest BCUT2D eigenvalue weighted by Gasteiger charge is 2.41. The predicted octanol–water partition coefficient (Wildman–Crippen LogP) is 0.213. The summed E-state index contributed by atoms with van der Waals surface area (Å²) in [5.41, 5.74) is 0.109. The second-order valence-electron chi connectivity index (χ2n) is 5.89. The molecule has 2 bridgehead atoms. The SMILES string of the molecule is CNC(=O)C(COCC12CCC(CC1)OC2)NC(C)=O. The van der Waals surface area contributed by atoms with Gasteiger partial charge in [0.15, 0.2) is 0 Å². The van der Waals surface area contributed by atoms with E-state index >= 15 is 0 Å². The molecule has 6 heteroatoms. The quantitative estimate of drug-likeness (QED) is 0.731. The number of likely N-dealkylation sites (N-methyl/N-ethyl adjacent to an activating group) is 1. The molecule has 0 aromatic carbocycles. The lowest BCUT2D eigenvalue weighted by Crippen LogP contribution is -2.49. The number of rotatable bonds is 6. The van der Waals surface area contributed by atoms with Crippen LogP contribution in [0.3, 0.4) is 0 Å². The van der Waals surface area contributed by atoms with Crippen LogP contribution >= 0.6 is 0 Å². The van der Waals surface area contributed by atoms with E-state index in [1.54, 1.807) is 7.05 Å². The Morgan fingerprint density at radius 3 is 2.60 bits per heavy atom. The van der Waals surface area contributed by atoms with E-state index in [2.05, 4.69) is 10.6 Å². The van der Waals surface area contributed by atoms with Gasteiger partial charge in [-0.1, -0.05) is 0 Å². The molecule has 0 aromatic rings. The zero-order chi connectivity index (χ0) is 14.6. The molecule has 1 atom stereocenters. The summed E-state index contributed by atoms with van der Waals surface area (Å²) in [6, 6.07) is -0.630. The van der Waals surface area contributed by atoms with Crippen LogP contribution in [0.2, 0.25) is 0 Å². The molecular formula is C14H24N2O4. The third-order valence-corrected chi connectivity index (χ3v) is 4.25. The normalized spacial score (nSPS) is 29.8. The van der Waals surface area contributed by atoms with Crippen LogP contribution in [-0.4, -0.2) is 50.8 Å². The van der Waals surface area contributed by atoms with Crippen molar-refractivity contribution in [1.82, 2.24) is 10.6 Å². The first-order valence-electron chi connectivity index (χ1n) is 7.23. The summed E-state index contributed by atoms with van der Waals surface area (Å²) in [5.74, 6) is -0.469. The smallest absolute Gasteiger partial charge is 0.244 e. The molecule has 0 aromatic heterocycles. The molecule has 2 heterocycles. The van der Waals surface area contributed by atoms with Gasteiger partial charge in [0.05, 0.1) is 25.9 Å². The highest BCUT2D eigenvalue weighted by Crippen LogP contribution is 2.43. The van der Waals surface area contributed by atoms with Crippen LogP contribution < -0.4 is 10.6 Å². The summed E-state index contributed by atoms with van der Waals surface area (Å²) in [6.45, 7) is 2.94. The molecule has 0 radical (unpaired) electrons. The second kappa shape index (κ2) is 6.54. The Morgan fingerprint density at radius 1 is 1.40 bits per heavy atom. The summed E-state index contributed by atoms with van der Waals surface area (Å²) in [6.07, 6.45) is 4.90. The molecule has 2 amide bonds. The van der Waals surface area contributed by atoms with Gasteiger partial charge in [-0.3, -0.25) is 9.59 Å². The van der Waals surface area contributed by atoms with E-state index in [9.17, 15) is 9.59 Å². The van der Waals surface area contributed by atoms with Crippen molar-refractivity contribution >= 4 is 11.8 Å². The van der Waals surface area contributed by atoms with Crippen molar-refractivity contribution in [2.75, 3.05) is 26.9 Å². The largest absolute Gasteiger partial charge is 0.378 e. The standard InChI is InChI=1S/C14H24N2O4/c1-10(17)16-12(13(18)15-2)7-19-8-14-5-3-11(4-6-14)20-9-14/h11-12H,3-9H2,1-2H3,(H,15,18)(H,16,17). The number of fused-ring (bicyclic) bond motifs is 3. The molecule has 2 N–H and O–H groups in total. The molecule has 0 spiro atoms. The Bertz CT molecular complexity index is 350. The number of amides is 2. The van der Waals surface area contributed by atoms with Gasteiger partial charge in [0.1, 0.15) is 6.04 Å². The third kappa shape index (κ3) is 3.70. The van der Waals surface area contributed by atoms with E-state index in [-0.39, 0.29) is 23.8 Å². The number of hydrogen-bond acceptors (Lipinski definition) is 4. The van der Waals surface area contributed by atoms with Crippen molar-refractivity contribution in [1.29, 1.82) is 0 Å². The zero-order valence-corrected chi connectivity index (χ0v) is 12.2. The van der Waals surface area contributed by atoms with Crippen LogP contribution in [0, 0.1) is 5.41 Å². The van der Waals surface area contributed by atoms with E-state index < -0.39 is 6.04 Å². The minimum absolute atomic E-state index is 0.109. The van der Waals surface area contributed by atoms with Gasteiger partial charge in [-0.15, -0.1) is 0 Å². The first kappa shape index (κ1) is 15.3. The predicted molar refractivity (Wildman–Crippen MR) is 73.1 cm³/mol. The Balaban J connectivity index is 1.80. The monoisotopic (exact) mass is 284 g/mol. The fraction of sp³-hybridized carbons (Fsp3) is 0.857. The Kier molecular flexibility index (Phi) is 4.99. The Morgan fingerprint density at radius 2 is 2.10 bits per heavy atom. The van der Waals surface area contributed by atoms with Crippen molar-refractivity contribution in [2.45, 2.75) is 44.8 Å². The number of carbonyl (C=O) groups excluding carboxylic acids is 2. The highest BCUT2D eigenvalue weighted by molar-refractivity contribution is 5.86. The average Bonchev–Trinajstić information content (AvgIpc) is 2.47. The lowest BCUT2D eigenvalue weighted by molar-refractivity contribution is -0.145. The van der Waals surface area contributed by atoms with Gasteiger partial charge < -0.3 is 20.1 Å².